The molecule has 0 aromatic carbocycles. The molecule has 1 rings (SSSR count). The third-order valence-corrected chi connectivity index (χ3v) is 3.40. The van der Waals surface area contributed by atoms with E-state index in [1.165, 1.54) is 6.66 Å². The minimum atomic E-state index is -3.16. The van der Waals surface area contributed by atoms with Crippen molar-refractivity contribution in [1.82, 2.24) is 0 Å². The first-order valence-electron chi connectivity index (χ1n) is 4.24. The Morgan fingerprint density at radius 1 is 1.62 bits per heavy atom. The molecule has 0 aromatic rings. The second kappa shape index (κ2) is 3.10. The lowest BCUT2D eigenvalue weighted by Crippen LogP contribution is -2.20. The van der Waals surface area contributed by atoms with E-state index in [4.69, 9.17) is 4.84 Å². The summed E-state index contributed by atoms with van der Waals surface area (Å²) in [5, 5.41) is 3.84. The molecular weight excluding hydrogens is 189 g/mol. The summed E-state index contributed by atoms with van der Waals surface area (Å²) in [6.07, 6.45) is 0.466. The first kappa shape index (κ1) is 10.7. The van der Waals surface area contributed by atoms with Crippen molar-refractivity contribution >= 4 is 13.1 Å². The minimum absolute atomic E-state index is 0.0794. The molecule has 2 atom stereocenters. The molecule has 0 aromatic heterocycles. The Balaban J connectivity index is 2.68. The monoisotopic (exact) mass is 205 g/mol. The number of rotatable bonds is 1. The quantitative estimate of drug-likeness (QED) is 0.666. The molecule has 0 aliphatic carbocycles. The van der Waals surface area contributed by atoms with Crippen LogP contribution in [0.3, 0.4) is 0 Å². The molecule has 5 heteroatoms. The molecule has 0 bridgehead atoms. The van der Waals surface area contributed by atoms with Gasteiger partial charge in [-0.3, -0.25) is 4.57 Å². The van der Waals surface area contributed by atoms with Crippen molar-refractivity contribution in [2.24, 2.45) is 10.6 Å². The zero-order chi connectivity index (χ0) is 10.3. The Kier molecular flexibility index (Phi) is 2.56. The van der Waals surface area contributed by atoms with Gasteiger partial charge in [0.15, 0.2) is 0 Å². The summed E-state index contributed by atoms with van der Waals surface area (Å²) in [7, 11) is -3.16. The lowest BCUT2D eigenvalue weighted by molar-refractivity contribution is 0.131. The Morgan fingerprint density at radius 3 is 2.38 bits per heavy atom. The van der Waals surface area contributed by atoms with E-state index in [1.807, 2.05) is 20.8 Å². The fourth-order valence-electron chi connectivity index (χ4n) is 1.06. The molecule has 1 unspecified atom stereocenters. The lowest BCUT2D eigenvalue weighted by Gasteiger charge is -2.17. The molecule has 1 N–H and O–H groups in total. The lowest BCUT2D eigenvalue weighted by atomic mass is 9.89. The van der Waals surface area contributed by atoms with Crippen LogP contribution in [0.4, 0.5) is 0 Å². The average Bonchev–Trinajstić information content (AvgIpc) is 2.28. The second-order valence-corrected chi connectivity index (χ2v) is 6.96. The molecule has 1 aliphatic rings. The van der Waals surface area contributed by atoms with Gasteiger partial charge in [0.25, 0.3) is 0 Å². The molecular formula is C8H16NO3P. The molecule has 0 spiro atoms. The van der Waals surface area contributed by atoms with Crippen LogP contribution in [-0.2, 0) is 9.40 Å². The van der Waals surface area contributed by atoms with Gasteiger partial charge in [-0.05, 0) is 0 Å². The topological polar surface area (TPSA) is 58.9 Å². The van der Waals surface area contributed by atoms with Crippen LogP contribution in [-0.4, -0.2) is 23.1 Å². The van der Waals surface area contributed by atoms with E-state index in [0.29, 0.717) is 6.42 Å². The first-order valence-corrected chi connectivity index (χ1v) is 6.42. The van der Waals surface area contributed by atoms with Crippen LogP contribution in [0.5, 0.6) is 0 Å². The van der Waals surface area contributed by atoms with Gasteiger partial charge in [-0.25, -0.2) is 0 Å². The normalized spacial score (nSPS) is 27.8. The predicted octanol–water partition coefficient (Wildman–Crippen LogP) is 2.04. The SMILES string of the molecule is CC(C)(C)C1=NO[C@@H](P(C)(=O)O)C1. The highest BCUT2D eigenvalue weighted by molar-refractivity contribution is 7.57. The summed E-state index contributed by atoms with van der Waals surface area (Å²) < 4.78 is 11.2. The molecule has 1 heterocycles. The standard InChI is InChI=1S/C8H16NO3P/c1-8(2,3)6-5-7(12-9-6)13(4,10)11/h7H,5H2,1-4H3,(H,10,11)/t7-/m0/s1. The van der Waals surface area contributed by atoms with Crippen LogP contribution >= 0.6 is 7.37 Å². The van der Waals surface area contributed by atoms with Gasteiger partial charge in [0.05, 0.1) is 5.71 Å². The highest BCUT2D eigenvalue weighted by Gasteiger charge is 2.37. The van der Waals surface area contributed by atoms with Crippen molar-refractivity contribution in [1.29, 1.82) is 0 Å². The third-order valence-electron chi connectivity index (χ3n) is 2.05. The second-order valence-electron chi connectivity index (χ2n) is 4.50. The van der Waals surface area contributed by atoms with E-state index in [2.05, 4.69) is 5.16 Å². The molecule has 0 fully saturated rings. The van der Waals surface area contributed by atoms with Crippen molar-refractivity contribution in [2.75, 3.05) is 6.66 Å². The van der Waals surface area contributed by atoms with Gasteiger partial charge in [-0.2, -0.15) is 0 Å². The first-order chi connectivity index (χ1) is 5.71. The third kappa shape index (κ3) is 2.55. The predicted molar refractivity (Wildman–Crippen MR) is 52.1 cm³/mol. The minimum Gasteiger partial charge on any atom is -0.382 e. The smallest absolute Gasteiger partial charge is 0.240 e. The average molecular weight is 205 g/mol. The number of hydrogen-bond acceptors (Lipinski definition) is 3. The van der Waals surface area contributed by atoms with E-state index in [9.17, 15) is 9.46 Å². The van der Waals surface area contributed by atoms with Gasteiger partial charge in [-0.15, -0.1) is 0 Å². The molecule has 13 heavy (non-hydrogen) atoms. The number of oxime groups is 1. The van der Waals surface area contributed by atoms with E-state index in [-0.39, 0.29) is 5.41 Å². The zero-order valence-electron chi connectivity index (χ0n) is 8.44. The Hall–Kier alpha value is -0.340. The maximum absolute atomic E-state index is 11.2. The number of nitrogens with zero attached hydrogens (tertiary/aromatic N) is 1. The maximum Gasteiger partial charge on any atom is 0.240 e. The summed E-state index contributed by atoms with van der Waals surface area (Å²) in [5.74, 6) is -0.637. The van der Waals surface area contributed by atoms with E-state index in [0.717, 1.165) is 5.71 Å². The molecule has 0 amide bonds. The largest absolute Gasteiger partial charge is 0.382 e. The Morgan fingerprint density at radius 2 is 2.15 bits per heavy atom. The highest BCUT2D eigenvalue weighted by atomic mass is 31.2. The zero-order valence-corrected chi connectivity index (χ0v) is 9.34. The van der Waals surface area contributed by atoms with Crippen molar-refractivity contribution in [3.8, 4) is 0 Å². The van der Waals surface area contributed by atoms with Crippen LogP contribution < -0.4 is 0 Å². The number of hydrogen-bond donors (Lipinski definition) is 1. The van der Waals surface area contributed by atoms with Gasteiger partial charge in [-0.1, -0.05) is 25.9 Å². The molecule has 76 valence electrons. The molecule has 0 saturated heterocycles. The van der Waals surface area contributed by atoms with Gasteiger partial charge in [0.1, 0.15) is 0 Å². The van der Waals surface area contributed by atoms with Gasteiger partial charge in [0.2, 0.25) is 13.2 Å². The van der Waals surface area contributed by atoms with E-state index in [1.54, 1.807) is 0 Å². The fraction of sp³-hybridized carbons (Fsp3) is 0.875. The van der Waals surface area contributed by atoms with Crippen LogP contribution in [0.15, 0.2) is 5.16 Å². The maximum atomic E-state index is 11.2. The van der Waals surface area contributed by atoms with Gasteiger partial charge < -0.3 is 9.73 Å². The van der Waals surface area contributed by atoms with Crippen LogP contribution in [0.2, 0.25) is 0 Å². The van der Waals surface area contributed by atoms with Crippen molar-refractivity contribution < 1.29 is 14.3 Å². The fourth-order valence-corrected chi connectivity index (χ4v) is 1.80. The molecule has 4 nitrogen and oxygen atoms in total. The van der Waals surface area contributed by atoms with Crippen LogP contribution in [0, 0.1) is 5.41 Å². The molecule has 0 saturated carbocycles. The summed E-state index contributed by atoms with van der Waals surface area (Å²) >= 11 is 0. The molecule has 0 radical (unpaired) electrons. The summed E-state index contributed by atoms with van der Waals surface area (Å²) in [5.41, 5.74) is 0.776. The summed E-state index contributed by atoms with van der Waals surface area (Å²) in [6, 6.07) is 0. The van der Waals surface area contributed by atoms with Crippen LogP contribution in [0.1, 0.15) is 27.2 Å². The van der Waals surface area contributed by atoms with Crippen LogP contribution in [0.25, 0.3) is 0 Å². The van der Waals surface area contributed by atoms with Crippen molar-refractivity contribution in [2.45, 2.75) is 33.0 Å². The highest BCUT2D eigenvalue weighted by Crippen LogP contribution is 2.47. The summed E-state index contributed by atoms with van der Waals surface area (Å²) in [6.45, 7) is 7.33. The van der Waals surface area contributed by atoms with Gasteiger partial charge in [0, 0.05) is 18.5 Å². The molecule has 1 aliphatic heterocycles. The van der Waals surface area contributed by atoms with E-state index < -0.39 is 13.2 Å². The van der Waals surface area contributed by atoms with E-state index >= 15 is 0 Å². The Bertz CT molecular complexity index is 274. The van der Waals surface area contributed by atoms with Crippen molar-refractivity contribution in [3.63, 3.8) is 0 Å². The van der Waals surface area contributed by atoms with Gasteiger partial charge >= 0.3 is 0 Å². The Labute approximate surface area is 78.4 Å². The van der Waals surface area contributed by atoms with Crippen molar-refractivity contribution in [3.05, 3.63) is 0 Å². The summed E-state index contributed by atoms with van der Waals surface area (Å²) in [4.78, 5) is 14.2.